The summed E-state index contributed by atoms with van der Waals surface area (Å²) < 4.78 is 0.567. The van der Waals surface area contributed by atoms with Gasteiger partial charge in [-0.2, -0.15) is 0 Å². The Morgan fingerprint density at radius 2 is 2.12 bits per heavy atom. The van der Waals surface area contributed by atoms with Gasteiger partial charge in [0.25, 0.3) is 0 Å². The molecule has 1 saturated carbocycles. The minimum Gasteiger partial charge on any atom is -0.299 e. The van der Waals surface area contributed by atoms with E-state index in [0.29, 0.717) is 10.6 Å². The number of thiocarbonyl (C=S) groups is 1. The zero-order valence-corrected chi connectivity index (χ0v) is 10.2. The van der Waals surface area contributed by atoms with E-state index < -0.39 is 5.25 Å². The van der Waals surface area contributed by atoms with Crippen LogP contribution in [0.5, 0.6) is 0 Å². The third-order valence-electron chi connectivity index (χ3n) is 2.77. The third-order valence-corrected chi connectivity index (χ3v) is 4.53. The molecule has 1 aliphatic heterocycles. The Hall–Kier alpha value is -0.750. The molecule has 0 spiro atoms. The van der Waals surface area contributed by atoms with E-state index in [2.05, 4.69) is 5.32 Å². The van der Waals surface area contributed by atoms with Crippen molar-refractivity contribution in [1.82, 2.24) is 5.32 Å². The average molecular weight is 257 g/mol. The maximum Gasteiger partial charge on any atom is 0.240 e. The van der Waals surface area contributed by atoms with E-state index in [0.717, 1.165) is 12.8 Å². The lowest BCUT2D eigenvalue weighted by Crippen LogP contribution is -2.25. The molecule has 6 heteroatoms. The van der Waals surface area contributed by atoms with Crippen LogP contribution in [0.4, 0.5) is 0 Å². The number of amides is 2. The van der Waals surface area contributed by atoms with Gasteiger partial charge in [0, 0.05) is 12.8 Å². The number of nitrogens with one attached hydrogen (secondary N) is 1. The van der Waals surface area contributed by atoms with Crippen molar-refractivity contribution in [2.45, 2.75) is 30.9 Å². The minimum atomic E-state index is -0.437. The van der Waals surface area contributed by atoms with Gasteiger partial charge in [0.2, 0.25) is 11.8 Å². The van der Waals surface area contributed by atoms with E-state index in [9.17, 15) is 14.4 Å². The van der Waals surface area contributed by atoms with Gasteiger partial charge in [0.15, 0.2) is 0 Å². The predicted molar refractivity (Wildman–Crippen MR) is 64.1 cm³/mol. The van der Waals surface area contributed by atoms with Gasteiger partial charge in [-0.15, -0.1) is 11.8 Å². The Balaban J connectivity index is 1.94. The fourth-order valence-electron chi connectivity index (χ4n) is 1.91. The van der Waals surface area contributed by atoms with Crippen LogP contribution in [0.25, 0.3) is 0 Å². The molecule has 0 bridgehead atoms. The number of imide groups is 1. The molecule has 86 valence electrons. The van der Waals surface area contributed by atoms with Gasteiger partial charge in [-0.3, -0.25) is 19.7 Å². The molecule has 4 nitrogen and oxygen atoms in total. The number of hydrogen-bond donors (Lipinski definition) is 1. The van der Waals surface area contributed by atoms with E-state index in [-0.39, 0.29) is 29.9 Å². The van der Waals surface area contributed by atoms with Crippen LogP contribution in [0.1, 0.15) is 25.7 Å². The second-order valence-corrected chi connectivity index (χ2v) is 5.90. The Morgan fingerprint density at radius 1 is 1.38 bits per heavy atom. The van der Waals surface area contributed by atoms with Crippen molar-refractivity contribution < 1.29 is 14.4 Å². The zero-order valence-electron chi connectivity index (χ0n) is 8.52. The maximum atomic E-state index is 11.5. The number of Topliss-reactive ketones (excluding diaryl/α,β-unsaturated/α-hetero) is 1. The first-order chi connectivity index (χ1) is 7.58. The van der Waals surface area contributed by atoms with Crippen molar-refractivity contribution in [3.05, 3.63) is 0 Å². The fourth-order valence-corrected chi connectivity index (χ4v) is 3.60. The summed E-state index contributed by atoms with van der Waals surface area (Å²) in [4.78, 5) is 33.8. The van der Waals surface area contributed by atoms with Crippen molar-refractivity contribution in [1.29, 1.82) is 0 Å². The van der Waals surface area contributed by atoms with Gasteiger partial charge in [-0.1, -0.05) is 12.2 Å². The van der Waals surface area contributed by atoms with Crippen LogP contribution in [0.2, 0.25) is 0 Å². The highest BCUT2D eigenvalue weighted by Crippen LogP contribution is 2.31. The van der Waals surface area contributed by atoms with Crippen LogP contribution >= 0.6 is 24.0 Å². The molecule has 2 fully saturated rings. The molecular weight excluding hydrogens is 246 g/mol. The zero-order chi connectivity index (χ0) is 11.7. The first kappa shape index (κ1) is 11.7. The van der Waals surface area contributed by atoms with E-state index in [1.165, 1.54) is 11.8 Å². The van der Waals surface area contributed by atoms with Crippen LogP contribution in [0.15, 0.2) is 0 Å². The molecular formula is C10H11NO3S2. The Morgan fingerprint density at radius 3 is 2.62 bits per heavy atom. The van der Waals surface area contributed by atoms with Crippen molar-refractivity contribution in [2.24, 2.45) is 5.92 Å². The lowest BCUT2D eigenvalue weighted by Gasteiger charge is -2.11. The summed E-state index contributed by atoms with van der Waals surface area (Å²) in [7, 11) is 0. The van der Waals surface area contributed by atoms with Crippen LogP contribution in [-0.2, 0) is 14.4 Å². The third kappa shape index (κ3) is 2.32. The van der Waals surface area contributed by atoms with E-state index >= 15 is 0 Å². The average Bonchev–Trinajstić information content (AvgIpc) is 2.74. The smallest absolute Gasteiger partial charge is 0.240 e. The van der Waals surface area contributed by atoms with E-state index in [1.807, 2.05) is 0 Å². The van der Waals surface area contributed by atoms with E-state index in [1.54, 1.807) is 0 Å². The van der Waals surface area contributed by atoms with Crippen molar-refractivity contribution >= 4 is 45.8 Å². The lowest BCUT2D eigenvalue weighted by molar-refractivity contribution is -0.124. The molecule has 0 aromatic carbocycles. The Bertz CT molecular complexity index is 380. The number of thioether (sulfide) groups is 1. The standard InChI is InChI=1S/C10H11NO3S2/c12-6-3-1-2-5(6)10(15)16-7-4-8(13)11-9(7)14/h5,7H,1-4H2,(H,11,13,14)/t5-,7+/m1/s1. The highest BCUT2D eigenvalue weighted by atomic mass is 32.2. The maximum absolute atomic E-state index is 11.5. The fraction of sp³-hybridized carbons (Fsp3) is 0.600. The molecule has 0 aromatic rings. The van der Waals surface area contributed by atoms with Gasteiger partial charge in [-0.05, 0) is 12.8 Å². The summed E-state index contributed by atoms with van der Waals surface area (Å²) >= 11 is 6.37. The molecule has 2 rings (SSSR count). The van der Waals surface area contributed by atoms with Crippen molar-refractivity contribution in [2.75, 3.05) is 0 Å². The van der Waals surface area contributed by atoms with E-state index in [4.69, 9.17) is 12.2 Å². The van der Waals surface area contributed by atoms with Crippen LogP contribution < -0.4 is 5.32 Å². The lowest BCUT2D eigenvalue weighted by atomic mass is 10.1. The number of carbonyl (C=O) groups is 3. The second-order valence-electron chi connectivity index (χ2n) is 3.95. The molecule has 0 unspecified atom stereocenters. The van der Waals surface area contributed by atoms with Gasteiger partial charge >= 0.3 is 0 Å². The van der Waals surface area contributed by atoms with Gasteiger partial charge in [0.1, 0.15) is 5.78 Å². The molecule has 16 heavy (non-hydrogen) atoms. The Labute approximate surface area is 103 Å². The van der Waals surface area contributed by atoms with Gasteiger partial charge in [0.05, 0.1) is 15.4 Å². The molecule has 1 heterocycles. The van der Waals surface area contributed by atoms with Crippen molar-refractivity contribution in [3.63, 3.8) is 0 Å². The second kappa shape index (κ2) is 4.63. The summed E-state index contributed by atoms with van der Waals surface area (Å²) in [6, 6.07) is 0. The molecule has 2 amide bonds. The molecule has 0 radical (unpaired) electrons. The molecule has 1 saturated heterocycles. The SMILES string of the molecule is O=C1C[C@H](SC(=S)[C@@H]2CCCC2=O)C(=O)N1. The number of rotatable bonds is 2. The molecule has 2 aliphatic rings. The molecule has 0 aromatic heterocycles. The molecule has 1 N–H and O–H groups in total. The summed E-state index contributed by atoms with van der Waals surface area (Å²) in [5, 5.41) is 1.79. The Kier molecular flexibility index (Phi) is 3.39. The highest BCUT2D eigenvalue weighted by Gasteiger charge is 2.35. The number of carbonyl (C=O) groups excluding carboxylic acids is 3. The van der Waals surface area contributed by atoms with Crippen molar-refractivity contribution in [3.8, 4) is 0 Å². The summed E-state index contributed by atoms with van der Waals surface area (Å²) in [6.45, 7) is 0. The number of ketones is 1. The predicted octanol–water partition coefficient (Wildman–Crippen LogP) is 0.831. The van der Waals surface area contributed by atoms with Crippen LogP contribution in [-0.4, -0.2) is 27.0 Å². The first-order valence-electron chi connectivity index (χ1n) is 5.15. The summed E-state index contributed by atoms with van der Waals surface area (Å²) in [5.41, 5.74) is 0. The van der Waals surface area contributed by atoms with Gasteiger partial charge in [-0.25, -0.2) is 0 Å². The number of hydrogen-bond acceptors (Lipinski definition) is 5. The van der Waals surface area contributed by atoms with Gasteiger partial charge < -0.3 is 0 Å². The minimum absolute atomic E-state index is 0.169. The quantitative estimate of drug-likeness (QED) is 0.586. The normalized spacial score (nSPS) is 29.6. The van der Waals surface area contributed by atoms with Crippen LogP contribution in [0, 0.1) is 5.92 Å². The topological polar surface area (TPSA) is 63.2 Å². The monoisotopic (exact) mass is 257 g/mol. The highest BCUT2D eigenvalue weighted by molar-refractivity contribution is 8.24. The first-order valence-corrected chi connectivity index (χ1v) is 6.43. The molecule has 1 aliphatic carbocycles. The largest absolute Gasteiger partial charge is 0.299 e. The molecule has 2 atom stereocenters. The summed E-state index contributed by atoms with van der Waals surface area (Å²) in [6.07, 6.45) is 2.42. The van der Waals surface area contributed by atoms with Crippen LogP contribution in [0.3, 0.4) is 0 Å². The summed E-state index contributed by atoms with van der Waals surface area (Å²) in [5.74, 6) is -0.573.